The van der Waals surface area contributed by atoms with Crippen molar-refractivity contribution in [2.24, 2.45) is 5.92 Å². The minimum Gasteiger partial charge on any atom is -0.480 e. The van der Waals surface area contributed by atoms with Gasteiger partial charge in [0, 0.05) is 12.8 Å². The number of hydrogen-bond acceptors (Lipinski definition) is 2. The van der Waals surface area contributed by atoms with Gasteiger partial charge in [-0.25, -0.2) is 4.79 Å². The topological polar surface area (TPSA) is 66.4 Å². The highest BCUT2D eigenvalue weighted by atomic mass is 19.4. The number of amides is 1. The number of alkyl halides is 3. The van der Waals surface area contributed by atoms with Crippen LogP contribution in [0.25, 0.3) is 0 Å². The maximum atomic E-state index is 13.0. The van der Waals surface area contributed by atoms with Crippen LogP contribution in [0.1, 0.15) is 43.2 Å². The van der Waals surface area contributed by atoms with Crippen molar-refractivity contribution in [3.8, 4) is 0 Å². The van der Waals surface area contributed by atoms with E-state index in [0.29, 0.717) is 0 Å². The Bertz CT molecular complexity index is 595. The molecule has 0 aliphatic heterocycles. The predicted molar refractivity (Wildman–Crippen MR) is 81.3 cm³/mol. The highest BCUT2D eigenvalue weighted by Crippen LogP contribution is 2.32. The maximum Gasteiger partial charge on any atom is 0.416 e. The Morgan fingerprint density at radius 1 is 1.21 bits per heavy atom. The van der Waals surface area contributed by atoms with Crippen LogP contribution in [-0.2, 0) is 22.2 Å². The minimum atomic E-state index is -4.56. The van der Waals surface area contributed by atoms with E-state index in [1.54, 1.807) is 0 Å². The van der Waals surface area contributed by atoms with Crippen molar-refractivity contribution >= 4 is 11.9 Å². The largest absolute Gasteiger partial charge is 0.480 e. The van der Waals surface area contributed by atoms with Crippen LogP contribution >= 0.6 is 0 Å². The van der Waals surface area contributed by atoms with Crippen LogP contribution in [0.3, 0.4) is 0 Å². The van der Waals surface area contributed by atoms with E-state index in [1.807, 2.05) is 0 Å². The molecule has 0 bridgehead atoms. The first kappa shape index (κ1) is 18.3. The monoisotopic (exact) mass is 343 g/mol. The van der Waals surface area contributed by atoms with E-state index < -0.39 is 36.1 Å². The van der Waals surface area contributed by atoms with Crippen LogP contribution in [0.5, 0.6) is 0 Å². The van der Waals surface area contributed by atoms with Crippen LogP contribution in [-0.4, -0.2) is 23.0 Å². The van der Waals surface area contributed by atoms with Crippen LogP contribution in [0.15, 0.2) is 24.3 Å². The van der Waals surface area contributed by atoms with E-state index >= 15 is 0 Å². The van der Waals surface area contributed by atoms with Crippen LogP contribution in [0, 0.1) is 5.92 Å². The summed E-state index contributed by atoms with van der Waals surface area (Å²) in [7, 11) is 0. The second-order valence-corrected chi connectivity index (χ2v) is 6.17. The average Bonchev–Trinajstić information content (AvgIpc) is 2.98. The summed E-state index contributed by atoms with van der Waals surface area (Å²) in [6.07, 6.45) is -0.762. The summed E-state index contributed by atoms with van der Waals surface area (Å²) in [5.74, 6) is -1.52. The molecule has 0 radical (unpaired) electrons. The number of halogens is 3. The lowest BCUT2D eigenvalue weighted by Crippen LogP contribution is -2.43. The molecular formula is C17H20F3NO3. The van der Waals surface area contributed by atoms with Gasteiger partial charge in [-0.2, -0.15) is 13.2 Å². The molecule has 4 nitrogen and oxygen atoms in total. The molecule has 1 fully saturated rings. The summed E-state index contributed by atoms with van der Waals surface area (Å²) in [5, 5.41) is 11.6. The fourth-order valence-electron chi connectivity index (χ4n) is 3.12. The highest BCUT2D eigenvalue weighted by molar-refractivity contribution is 5.83. The van der Waals surface area contributed by atoms with Crippen molar-refractivity contribution in [2.45, 2.75) is 50.7 Å². The lowest BCUT2D eigenvalue weighted by atomic mass is 9.99. The third kappa shape index (κ3) is 4.97. The van der Waals surface area contributed by atoms with Gasteiger partial charge in [0.05, 0.1) is 5.56 Å². The number of carbonyl (C=O) groups is 2. The molecule has 1 saturated carbocycles. The predicted octanol–water partition coefficient (Wildman–Crippen LogP) is 3.40. The number of carboxylic acid groups (broad SMARTS) is 1. The fraction of sp³-hybridized carbons (Fsp3) is 0.529. The van der Waals surface area contributed by atoms with Crippen LogP contribution in [0.4, 0.5) is 13.2 Å². The number of carbonyl (C=O) groups excluding carboxylic acids is 1. The van der Waals surface area contributed by atoms with Crippen molar-refractivity contribution < 1.29 is 27.9 Å². The first-order valence-corrected chi connectivity index (χ1v) is 7.94. The summed E-state index contributed by atoms with van der Waals surface area (Å²) >= 11 is 0. The van der Waals surface area contributed by atoms with Crippen molar-refractivity contribution in [2.75, 3.05) is 0 Å². The van der Waals surface area contributed by atoms with Gasteiger partial charge >= 0.3 is 12.1 Å². The number of benzene rings is 1. The number of carboxylic acids is 1. The highest BCUT2D eigenvalue weighted by Gasteiger charge is 2.34. The second kappa shape index (κ2) is 7.68. The van der Waals surface area contributed by atoms with E-state index in [9.17, 15) is 27.9 Å². The van der Waals surface area contributed by atoms with Gasteiger partial charge < -0.3 is 10.4 Å². The summed E-state index contributed by atoms with van der Waals surface area (Å²) in [5.41, 5.74) is -1.01. The molecule has 2 rings (SSSR count). The fourth-order valence-corrected chi connectivity index (χ4v) is 3.12. The maximum absolute atomic E-state index is 13.0. The average molecular weight is 343 g/mol. The van der Waals surface area contributed by atoms with Gasteiger partial charge in [-0.05, 0) is 30.4 Å². The molecule has 132 valence electrons. The normalized spacial score (nSPS) is 16.8. The molecule has 0 unspecified atom stereocenters. The summed E-state index contributed by atoms with van der Waals surface area (Å²) in [6.45, 7) is 0. The van der Waals surface area contributed by atoms with Crippen molar-refractivity contribution in [3.63, 3.8) is 0 Å². The quantitative estimate of drug-likeness (QED) is 0.832. The number of aliphatic carboxylic acids is 1. The molecule has 0 saturated heterocycles. The molecule has 1 aromatic rings. The van der Waals surface area contributed by atoms with Gasteiger partial charge in [-0.15, -0.1) is 0 Å². The molecule has 1 aromatic carbocycles. The number of rotatable bonds is 6. The molecule has 1 aliphatic rings. The summed E-state index contributed by atoms with van der Waals surface area (Å²) in [6, 6.07) is 3.45. The van der Waals surface area contributed by atoms with E-state index in [2.05, 4.69) is 5.32 Å². The van der Waals surface area contributed by atoms with Crippen molar-refractivity contribution in [3.05, 3.63) is 35.4 Å². The lowest BCUT2D eigenvalue weighted by molar-refractivity contribution is -0.143. The summed E-state index contributed by atoms with van der Waals surface area (Å²) in [4.78, 5) is 23.3. The SMILES string of the molecule is O=C(CC1CCCC1)N[C@H](Cc1ccccc1C(F)(F)F)C(=O)O. The smallest absolute Gasteiger partial charge is 0.416 e. The van der Waals surface area contributed by atoms with Gasteiger partial charge in [-0.3, -0.25) is 4.79 Å². The molecule has 0 spiro atoms. The Kier molecular flexibility index (Phi) is 5.85. The second-order valence-electron chi connectivity index (χ2n) is 6.17. The van der Waals surface area contributed by atoms with Gasteiger partial charge in [0.1, 0.15) is 6.04 Å². The number of nitrogens with one attached hydrogen (secondary N) is 1. The van der Waals surface area contributed by atoms with E-state index in [0.717, 1.165) is 31.7 Å². The minimum absolute atomic E-state index is 0.140. The first-order chi connectivity index (χ1) is 11.3. The molecule has 24 heavy (non-hydrogen) atoms. The van der Waals surface area contributed by atoms with Crippen LogP contribution < -0.4 is 5.32 Å². The Balaban J connectivity index is 2.06. The zero-order chi connectivity index (χ0) is 17.7. The lowest BCUT2D eigenvalue weighted by Gasteiger charge is -2.19. The standard InChI is InChI=1S/C17H20F3NO3/c18-17(19,20)13-8-4-3-7-12(13)10-14(16(23)24)21-15(22)9-11-5-1-2-6-11/h3-4,7-8,11,14H,1-2,5-6,9-10H2,(H,21,22)(H,23,24)/t14-/m1/s1. The molecule has 7 heteroatoms. The Morgan fingerprint density at radius 3 is 2.42 bits per heavy atom. The van der Waals surface area contributed by atoms with E-state index in [-0.39, 0.29) is 17.9 Å². The van der Waals surface area contributed by atoms with Gasteiger partial charge in [-0.1, -0.05) is 31.0 Å². The molecule has 1 aliphatic carbocycles. The number of hydrogen-bond donors (Lipinski definition) is 2. The molecule has 1 amide bonds. The zero-order valence-electron chi connectivity index (χ0n) is 13.1. The molecular weight excluding hydrogens is 323 g/mol. The zero-order valence-corrected chi connectivity index (χ0v) is 13.1. The third-order valence-corrected chi connectivity index (χ3v) is 4.33. The van der Waals surface area contributed by atoms with E-state index in [4.69, 9.17) is 0 Å². The van der Waals surface area contributed by atoms with Crippen molar-refractivity contribution in [1.29, 1.82) is 0 Å². The summed E-state index contributed by atoms with van der Waals surface area (Å²) < 4.78 is 39.0. The van der Waals surface area contributed by atoms with Gasteiger partial charge in [0.25, 0.3) is 0 Å². The Labute approximate surface area is 138 Å². The van der Waals surface area contributed by atoms with Crippen molar-refractivity contribution in [1.82, 2.24) is 5.32 Å². The van der Waals surface area contributed by atoms with E-state index in [1.165, 1.54) is 18.2 Å². The molecule has 0 aromatic heterocycles. The third-order valence-electron chi connectivity index (χ3n) is 4.33. The van der Waals surface area contributed by atoms with Gasteiger partial charge in [0.15, 0.2) is 0 Å². The molecule has 0 heterocycles. The molecule has 1 atom stereocenters. The molecule has 2 N–H and O–H groups in total. The first-order valence-electron chi connectivity index (χ1n) is 7.94. The Hall–Kier alpha value is -2.05. The van der Waals surface area contributed by atoms with Crippen LogP contribution in [0.2, 0.25) is 0 Å². The Morgan fingerprint density at radius 2 is 1.83 bits per heavy atom. The van der Waals surface area contributed by atoms with Gasteiger partial charge in [0.2, 0.25) is 5.91 Å².